The quantitative estimate of drug-likeness (QED) is 0.594. The number of fused-ring (bicyclic) bond motifs is 1. The molecule has 0 saturated carbocycles. The van der Waals surface area contributed by atoms with Crippen LogP contribution in [0, 0.1) is 0 Å². The van der Waals surface area contributed by atoms with Gasteiger partial charge in [-0.3, -0.25) is 0 Å². The van der Waals surface area contributed by atoms with Crippen molar-refractivity contribution in [2.45, 2.75) is 43.4 Å². The minimum atomic E-state index is -3.11. The van der Waals surface area contributed by atoms with Crippen LogP contribution in [0.1, 0.15) is 36.8 Å². The standard InChI is InChI=1S/C14H19ClO2S/c15-9-2-1-3-10-18(16,17)14-8-7-12-5-4-6-13(12)11-14/h7-8,11H,1-6,9-10H2. The Labute approximate surface area is 114 Å². The Bertz CT molecular complexity index is 509. The van der Waals surface area contributed by atoms with Crippen LogP contribution in [0.4, 0.5) is 0 Å². The summed E-state index contributed by atoms with van der Waals surface area (Å²) in [7, 11) is -3.11. The molecule has 0 fully saturated rings. The van der Waals surface area contributed by atoms with Gasteiger partial charge in [-0.05, 0) is 55.4 Å². The largest absolute Gasteiger partial charge is 0.224 e. The Morgan fingerprint density at radius 3 is 2.61 bits per heavy atom. The molecule has 1 aromatic rings. The Morgan fingerprint density at radius 2 is 1.83 bits per heavy atom. The average Bonchev–Trinajstić information content (AvgIpc) is 2.82. The van der Waals surface area contributed by atoms with Crippen LogP contribution < -0.4 is 0 Å². The second-order valence-electron chi connectivity index (χ2n) is 4.85. The van der Waals surface area contributed by atoms with E-state index in [0.717, 1.165) is 32.1 Å². The fraction of sp³-hybridized carbons (Fsp3) is 0.571. The molecule has 1 aliphatic rings. The second kappa shape index (κ2) is 6.07. The summed E-state index contributed by atoms with van der Waals surface area (Å²) in [4.78, 5) is 0.494. The highest BCUT2D eigenvalue weighted by atomic mass is 35.5. The Morgan fingerprint density at radius 1 is 1.06 bits per heavy atom. The van der Waals surface area contributed by atoms with E-state index in [0.29, 0.717) is 17.2 Å². The summed E-state index contributed by atoms with van der Waals surface area (Å²) in [6, 6.07) is 5.62. The van der Waals surface area contributed by atoms with Gasteiger partial charge in [0.2, 0.25) is 0 Å². The van der Waals surface area contributed by atoms with E-state index in [1.54, 1.807) is 6.07 Å². The van der Waals surface area contributed by atoms with Crippen molar-refractivity contribution in [3.8, 4) is 0 Å². The van der Waals surface area contributed by atoms with E-state index in [9.17, 15) is 8.42 Å². The highest BCUT2D eigenvalue weighted by Crippen LogP contribution is 2.25. The molecule has 0 bridgehead atoms. The van der Waals surface area contributed by atoms with Crippen LogP contribution in [-0.2, 0) is 22.7 Å². The van der Waals surface area contributed by atoms with Crippen LogP contribution in [0.2, 0.25) is 0 Å². The number of aryl methyl sites for hydroxylation is 2. The molecular formula is C14H19ClO2S. The summed E-state index contributed by atoms with van der Waals surface area (Å²) in [5.74, 6) is 0.849. The molecule has 100 valence electrons. The van der Waals surface area contributed by atoms with E-state index in [1.165, 1.54) is 11.1 Å². The molecule has 0 saturated heterocycles. The Kier molecular flexibility index (Phi) is 4.68. The molecule has 0 N–H and O–H groups in total. The molecule has 1 aliphatic carbocycles. The first-order valence-corrected chi connectivity index (χ1v) is 8.73. The van der Waals surface area contributed by atoms with Crippen LogP contribution in [0.3, 0.4) is 0 Å². The zero-order chi connectivity index (χ0) is 13.0. The highest BCUT2D eigenvalue weighted by Gasteiger charge is 2.18. The van der Waals surface area contributed by atoms with Gasteiger partial charge in [-0.1, -0.05) is 12.5 Å². The third-order valence-electron chi connectivity index (χ3n) is 3.48. The van der Waals surface area contributed by atoms with Gasteiger partial charge in [-0.15, -0.1) is 11.6 Å². The molecule has 0 aliphatic heterocycles. The maximum atomic E-state index is 12.2. The van der Waals surface area contributed by atoms with E-state index in [4.69, 9.17) is 11.6 Å². The van der Waals surface area contributed by atoms with E-state index in [-0.39, 0.29) is 5.75 Å². The third-order valence-corrected chi connectivity index (χ3v) is 5.54. The summed E-state index contributed by atoms with van der Waals surface area (Å²) in [6.07, 6.45) is 5.73. The topological polar surface area (TPSA) is 34.1 Å². The Hall–Kier alpha value is -0.540. The number of rotatable bonds is 6. The molecule has 0 radical (unpaired) electrons. The lowest BCUT2D eigenvalue weighted by molar-refractivity contribution is 0.591. The summed E-state index contributed by atoms with van der Waals surface area (Å²) in [5.41, 5.74) is 2.54. The van der Waals surface area contributed by atoms with Crippen molar-refractivity contribution in [3.63, 3.8) is 0 Å². The summed E-state index contributed by atoms with van der Waals surface area (Å²) in [5, 5.41) is 0. The lowest BCUT2D eigenvalue weighted by Crippen LogP contribution is -2.07. The highest BCUT2D eigenvalue weighted by molar-refractivity contribution is 7.91. The molecule has 0 atom stereocenters. The van der Waals surface area contributed by atoms with Crippen molar-refractivity contribution in [1.82, 2.24) is 0 Å². The third kappa shape index (κ3) is 3.27. The van der Waals surface area contributed by atoms with Gasteiger partial charge in [0.15, 0.2) is 9.84 Å². The van der Waals surface area contributed by atoms with E-state index in [2.05, 4.69) is 0 Å². The lowest BCUT2D eigenvalue weighted by atomic mass is 10.1. The number of halogens is 1. The van der Waals surface area contributed by atoms with Gasteiger partial charge in [-0.2, -0.15) is 0 Å². The lowest BCUT2D eigenvalue weighted by Gasteiger charge is -2.06. The van der Waals surface area contributed by atoms with Crippen LogP contribution in [0.25, 0.3) is 0 Å². The summed E-state index contributed by atoms with van der Waals surface area (Å²) >= 11 is 5.58. The SMILES string of the molecule is O=S(=O)(CCCCCCl)c1ccc2c(c1)CCC2. The number of sulfone groups is 1. The maximum Gasteiger partial charge on any atom is 0.178 e. The van der Waals surface area contributed by atoms with Crippen molar-refractivity contribution < 1.29 is 8.42 Å². The van der Waals surface area contributed by atoms with Crippen LogP contribution in [-0.4, -0.2) is 20.1 Å². The molecule has 4 heteroatoms. The summed E-state index contributed by atoms with van der Waals surface area (Å²) in [6.45, 7) is 0. The molecule has 18 heavy (non-hydrogen) atoms. The number of alkyl halides is 1. The van der Waals surface area contributed by atoms with Crippen molar-refractivity contribution >= 4 is 21.4 Å². The molecule has 0 aromatic heterocycles. The molecule has 2 rings (SSSR count). The van der Waals surface area contributed by atoms with Crippen LogP contribution in [0.15, 0.2) is 23.1 Å². The molecule has 0 unspecified atom stereocenters. The molecular weight excluding hydrogens is 268 g/mol. The second-order valence-corrected chi connectivity index (χ2v) is 7.34. The zero-order valence-electron chi connectivity index (χ0n) is 10.5. The van der Waals surface area contributed by atoms with E-state index >= 15 is 0 Å². The molecule has 0 amide bonds. The van der Waals surface area contributed by atoms with Gasteiger partial charge in [0.05, 0.1) is 10.6 Å². The fourth-order valence-electron chi connectivity index (χ4n) is 2.42. The molecule has 0 heterocycles. The van der Waals surface area contributed by atoms with Gasteiger partial charge >= 0.3 is 0 Å². The predicted molar refractivity (Wildman–Crippen MR) is 75.1 cm³/mol. The van der Waals surface area contributed by atoms with E-state index in [1.807, 2.05) is 12.1 Å². The number of benzene rings is 1. The Balaban J connectivity index is 2.05. The van der Waals surface area contributed by atoms with Crippen LogP contribution in [0.5, 0.6) is 0 Å². The van der Waals surface area contributed by atoms with Gasteiger partial charge < -0.3 is 0 Å². The van der Waals surface area contributed by atoms with Crippen molar-refractivity contribution in [3.05, 3.63) is 29.3 Å². The first-order valence-electron chi connectivity index (χ1n) is 6.54. The molecule has 1 aromatic carbocycles. The normalized spacial score (nSPS) is 14.7. The van der Waals surface area contributed by atoms with Gasteiger partial charge in [-0.25, -0.2) is 8.42 Å². The van der Waals surface area contributed by atoms with Gasteiger partial charge in [0.25, 0.3) is 0 Å². The smallest absolute Gasteiger partial charge is 0.178 e. The van der Waals surface area contributed by atoms with E-state index < -0.39 is 9.84 Å². The first kappa shape index (κ1) is 13.9. The van der Waals surface area contributed by atoms with Crippen LogP contribution >= 0.6 is 11.6 Å². The average molecular weight is 287 g/mol. The first-order chi connectivity index (χ1) is 8.63. The predicted octanol–water partition coefficient (Wildman–Crippen LogP) is 3.36. The molecule has 2 nitrogen and oxygen atoms in total. The fourth-order valence-corrected chi connectivity index (χ4v) is 4.03. The number of hydrogen-bond donors (Lipinski definition) is 0. The van der Waals surface area contributed by atoms with Gasteiger partial charge in [0, 0.05) is 5.88 Å². The zero-order valence-corrected chi connectivity index (χ0v) is 12.1. The minimum Gasteiger partial charge on any atom is -0.224 e. The van der Waals surface area contributed by atoms with Crippen molar-refractivity contribution in [1.29, 1.82) is 0 Å². The number of hydrogen-bond acceptors (Lipinski definition) is 2. The monoisotopic (exact) mass is 286 g/mol. The minimum absolute atomic E-state index is 0.239. The van der Waals surface area contributed by atoms with Crippen molar-refractivity contribution in [2.24, 2.45) is 0 Å². The van der Waals surface area contributed by atoms with Gasteiger partial charge in [0.1, 0.15) is 0 Å². The maximum absolute atomic E-state index is 12.2. The van der Waals surface area contributed by atoms with Crippen molar-refractivity contribution in [2.75, 3.05) is 11.6 Å². The molecule has 0 spiro atoms. The number of unbranched alkanes of at least 4 members (excludes halogenated alkanes) is 2. The summed E-state index contributed by atoms with van der Waals surface area (Å²) < 4.78 is 24.3.